The molecule has 2 rings (SSSR count). The second-order valence-corrected chi connectivity index (χ2v) is 6.12. The van der Waals surface area contributed by atoms with Gasteiger partial charge in [-0.2, -0.15) is 0 Å². The summed E-state index contributed by atoms with van der Waals surface area (Å²) in [5, 5.41) is 12.1. The number of rotatable bonds is 4. The maximum absolute atomic E-state index is 12.1. The molecule has 5 heteroatoms. The summed E-state index contributed by atoms with van der Waals surface area (Å²) in [6, 6.07) is 7.28. The summed E-state index contributed by atoms with van der Waals surface area (Å²) in [5.74, 6) is -0.995. The van der Waals surface area contributed by atoms with Crippen molar-refractivity contribution in [2.45, 2.75) is 25.7 Å². The predicted molar refractivity (Wildman–Crippen MR) is 80.0 cm³/mol. The van der Waals surface area contributed by atoms with E-state index < -0.39 is 11.4 Å². The first-order valence-electron chi connectivity index (χ1n) is 6.31. The zero-order chi connectivity index (χ0) is 13.9. The normalized spacial score (nSPS) is 17.1. The third kappa shape index (κ3) is 3.08. The van der Waals surface area contributed by atoms with E-state index in [-0.39, 0.29) is 12.5 Å². The Labute approximate surface area is 125 Å². The van der Waals surface area contributed by atoms with Gasteiger partial charge in [0.15, 0.2) is 0 Å². The minimum absolute atomic E-state index is 0.197. The highest BCUT2D eigenvalue weighted by molar-refractivity contribution is 14.1. The van der Waals surface area contributed by atoms with E-state index in [0.717, 1.165) is 16.4 Å². The highest BCUT2D eigenvalue weighted by Gasteiger charge is 2.41. The topological polar surface area (TPSA) is 66.4 Å². The van der Waals surface area contributed by atoms with Crippen LogP contribution in [-0.2, 0) is 4.79 Å². The van der Waals surface area contributed by atoms with Crippen LogP contribution in [0.25, 0.3) is 0 Å². The third-order valence-corrected chi connectivity index (χ3v) is 4.66. The maximum Gasteiger partial charge on any atom is 0.311 e. The lowest BCUT2D eigenvalue weighted by molar-refractivity contribution is -0.148. The van der Waals surface area contributed by atoms with E-state index in [2.05, 4.69) is 27.9 Å². The van der Waals surface area contributed by atoms with Crippen LogP contribution in [0.2, 0.25) is 0 Å². The van der Waals surface area contributed by atoms with E-state index in [1.54, 1.807) is 12.1 Å². The Hall–Kier alpha value is -1.11. The van der Waals surface area contributed by atoms with Crippen molar-refractivity contribution in [3.05, 3.63) is 33.4 Å². The summed E-state index contributed by atoms with van der Waals surface area (Å²) in [7, 11) is 0. The lowest BCUT2D eigenvalue weighted by Gasteiger charge is -2.24. The van der Waals surface area contributed by atoms with Crippen LogP contribution < -0.4 is 5.32 Å². The average Bonchev–Trinajstić information content (AvgIpc) is 2.86. The van der Waals surface area contributed by atoms with Crippen LogP contribution in [0, 0.1) is 8.99 Å². The number of carbonyl (C=O) groups excluding carboxylic acids is 1. The van der Waals surface area contributed by atoms with E-state index in [1.807, 2.05) is 12.1 Å². The van der Waals surface area contributed by atoms with Crippen LogP contribution in [0.1, 0.15) is 36.0 Å². The molecule has 1 aromatic carbocycles. The second kappa shape index (κ2) is 5.90. The Bertz CT molecular complexity index is 495. The Morgan fingerprint density at radius 3 is 2.47 bits per heavy atom. The fourth-order valence-corrected chi connectivity index (χ4v) is 3.14. The molecule has 102 valence electrons. The van der Waals surface area contributed by atoms with Gasteiger partial charge in [-0.25, -0.2) is 0 Å². The second-order valence-electron chi connectivity index (χ2n) is 4.96. The molecule has 1 amide bonds. The van der Waals surface area contributed by atoms with Crippen LogP contribution in [0.3, 0.4) is 0 Å². The molecule has 1 aliphatic carbocycles. The van der Waals surface area contributed by atoms with Crippen molar-refractivity contribution in [2.75, 3.05) is 6.54 Å². The summed E-state index contributed by atoms with van der Waals surface area (Å²) in [5.41, 5.74) is -0.169. The standard InChI is InChI=1S/C14H16INO3/c15-11-6-2-1-5-10(11)12(17)16-9-14(13(18)19)7-3-4-8-14/h1-2,5-6H,3-4,7-9H2,(H,16,17)(H,18,19). The number of carbonyl (C=O) groups is 2. The van der Waals surface area contributed by atoms with Crippen molar-refractivity contribution >= 4 is 34.5 Å². The van der Waals surface area contributed by atoms with E-state index in [4.69, 9.17) is 0 Å². The molecule has 0 unspecified atom stereocenters. The number of benzene rings is 1. The van der Waals surface area contributed by atoms with Crippen LogP contribution in [0.4, 0.5) is 0 Å². The van der Waals surface area contributed by atoms with Crippen molar-refractivity contribution in [3.8, 4) is 0 Å². The fraction of sp³-hybridized carbons (Fsp3) is 0.429. The lowest BCUT2D eigenvalue weighted by Crippen LogP contribution is -2.41. The first kappa shape index (κ1) is 14.3. The molecule has 1 aliphatic rings. The number of aliphatic carboxylic acids is 1. The summed E-state index contributed by atoms with van der Waals surface area (Å²) >= 11 is 2.10. The monoisotopic (exact) mass is 373 g/mol. The Morgan fingerprint density at radius 1 is 1.26 bits per heavy atom. The van der Waals surface area contributed by atoms with Gasteiger partial charge in [-0.05, 0) is 47.6 Å². The van der Waals surface area contributed by atoms with E-state index in [0.29, 0.717) is 18.4 Å². The molecule has 0 bridgehead atoms. The molecule has 1 aromatic rings. The molecule has 0 radical (unpaired) electrons. The molecule has 2 N–H and O–H groups in total. The van der Waals surface area contributed by atoms with Crippen molar-refractivity contribution < 1.29 is 14.7 Å². The zero-order valence-corrected chi connectivity index (χ0v) is 12.6. The Kier molecular flexibility index (Phi) is 4.44. The molecule has 19 heavy (non-hydrogen) atoms. The minimum Gasteiger partial charge on any atom is -0.481 e. The Morgan fingerprint density at radius 2 is 1.89 bits per heavy atom. The summed E-state index contributed by atoms with van der Waals surface area (Å²) in [6.45, 7) is 0.214. The number of carboxylic acid groups (broad SMARTS) is 1. The first-order chi connectivity index (χ1) is 9.05. The molecule has 0 saturated heterocycles. The first-order valence-corrected chi connectivity index (χ1v) is 7.39. The van der Waals surface area contributed by atoms with Crippen LogP contribution in [0.15, 0.2) is 24.3 Å². The van der Waals surface area contributed by atoms with Crippen molar-refractivity contribution in [1.29, 1.82) is 0 Å². The van der Waals surface area contributed by atoms with Crippen LogP contribution in [0.5, 0.6) is 0 Å². The molecule has 0 spiro atoms. The summed E-state index contributed by atoms with van der Waals surface area (Å²) in [6.07, 6.45) is 3.14. The summed E-state index contributed by atoms with van der Waals surface area (Å²) in [4.78, 5) is 23.5. The van der Waals surface area contributed by atoms with Gasteiger partial charge in [-0.3, -0.25) is 9.59 Å². The lowest BCUT2D eigenvalue weighted by atomic mass is 9.86. The smallest absolute Gasteiger partial charge is 0.311 e. The van der Waals surface area contributed by atoms with Crippen LogP contribution in [-0.4, -0.2) is 23.5 Å². The third-order valence-electron chi connectivity index (χ3n) is 3.72. The number of nitrogens with one attached hydrogen (secondary N) is 1. The largest absolute Gasteiger partial charge is 0.481 e. The molecule has 1 fully saturated rings. The van der Waals surface area contributed by atoms with E-state index >= 15 is 0 Å². The number of amides is 1. The molecule has 4 nitrogen and oxygen atoms in total. The molecule has 1 saturated carbocycles. The zero-order valence-electron chi connectivity index (χ0n) is 10.5. The quantitative estimate of drug-likeness (QED) is 0.798. The summed E-state index contributed by atoms with van der Waals surface area (Å²) < 4.78 is 0.869. The van der Waals surface area contributed by atoms with Gasteiger partial charge < -0.3 is 10.4 Å². The maximum atomic E-state index is 12.1. The molecule has 0 aliphatic heterocycles. The van der Waals surface area contributed by atoms with E-state index in [1.165, 1.54) is 0 Å². The van der Waals surface area contributed by atoms with Gasteiger partial charge >= 0.3 is 5.97 Å². The number of halogens is 1. The Balaban J connectivity index is 2.04. The van der Waals surface area contributed by atoms with Gasteiger partial charge in [-0.15, -0.1) is 0 Å². The number of carboxylic acids is 1. The molecule has 0 atom stereocenters. The van der Waals surface area contributed by atoms with Gasteiger partial charge in [0.05, 0.1) is 11.0 Å². The molecule has 0 aromatic heterocycles. The number of hydrogen-bond acceptors (Lipinski definition) is 2. The number of hydrogen-bond donors (Lipinski definition) is 2. The van der Waals surface area contributed by atoms with Crippen molar-refractivity contribution in [2.24, 2.45) is 5.41 Å². The highest BCUT2D eigenvalue weighted by Crippen LogP contribution is 2.37. The highest BCUT2D eigenvalue weighted by atomic mass is 127. The van der Waals surface area contributed by atoms with Gasteiger partial charge in [0.1, 0.15) is 0 Å². The van der Waals surface area contributed by atoms with Gasteiger partial charge in [0.2, 0.25) is 0 Å². The van der Waals surface area contributed by atoms with Crippen molar-refractivity contribution in [1.82, 2.24) is 5.32 Å². The molecular formula is C14H16INO3. The fourth-order valence-electron chi connectivity index (χ4n) is 2.51. The minimum atomic E-state index is -0.798. The van der Waals surface area contributed by atoms with E-state index in [9.17, 15) is 14.7 Å². The van der Waals surface area contributed by atoms with Crippen LogP contribution >= 0.6 is 22.6 Å². The molecular weight excluding hydrogens is 357 g/mol. The van der Waals surface area contributed by atoms with Crippen molar-refractivity contribution in [3.63, 3.8) is 0 Å². The SMILES string of the molecule is O=C(NCC1(C(=O)O)CCCC1)c1ccccc1I. The molecule has 0 heterocycles. The van der Waals surface area contributed by atoms with Gasteiger partial charge in [0.25, 0.3) is 5.91 Å². The van der Waals surface area contributed by atoms with Gasteiger partial charge in [-0.1, -0.05) is 25.0 Å². The average molecular weight is 373 g/mol. The van der Waals surface area contributed by atoms with Gasteiger partial charge in [0, 0.05) is 10.1 Å². The predicted octanol–water partition coefficient (Wildman–Crippen LogP) is 2.67.